The lowest BCUT2D eigenvalue weighted by atomic mass is 9.83. The Bertz CT molecular complexity index is 327. The molecule has 1 aromatic rings. The van der Waals surface area contributed by atoms with Gasteiger partial charge in [0.1, 0.15) is 0 Å². The first-order valence-electron chi connectivity index (χ1n) is 6.40. The predicted octanol–water partition coefficient (Wildman–Crippen LogP) is 3.63. The molecule has 88 valence electrons. The Balaban J connectivity index is 1.81. The minimum absolute atomic E-state index is 0.865. The zero-order valence-corrected chi connectivity index (χ0v) is 10.4. The van der Waals surface area contributed by atoms with E-state index in [-0.39, 0.29) is 0 Å². The minimum Gasteiger partial charge on any atom is -0.384 e. The molecular weight excluding hydrogens is 196 g/mol. The molecule has 0 unspecified atom stereocenters. The van der Waals surface area contributed by atoms with E-state index in [1.54, 1.807) is 0 Å². The molecule has 2 nitrogen and oxygen atoms in total. The Morgan fingerprint density at radius 3 is 2.75 bits per heavy atom. The summed E-state index contributed by atoms with van der Waals surface area (Å²) in [6.07, 6.45) is 9.36. The van der Waals surface area contributed by atoms with E-state index in [1.807, 2.05) is 12.4 Å². The highest BCUT2D eigenvalue weighted by atomic mass is 14.9. The van der Waals surface area contributed by atoms with E-state index < -0.39 is 0 Å². The summed E-state index contributed by atoms with van der Waals surface area (Å²) in [5.41, 5.74) is 2.49. The topological polar surface area (TPSA) is 24.9 Å². The van der Waals surface area contributed by atoms with Gasteiger partial charge in [-0.3, -0.25) is 4.98 Å². The highest BCUT2D eigenvalue weighted by Gasteiger charge is 2.17. The molecule has 0 radical (unpaired) electrons. The fourth-order valence-corrected chi connectivity index (χ4v) is 2.46. The van der Waals surface area contributed by atoms with Gasteiger partial charge in [0.15, 0.2) is 0 Å². The zero-order chi connectivity index (χ0) is 11.4. The van der Waals surface area contributed by atoms with Gasteiger partial charge in [-0.05, 0) is 43.2 Å². The molecule has 1 saturated carbocycles. The van der Waals surface area contributed by atoms with Crippen LogP contribution in [0.2, 0.25) is 0 Å². The van der Waals surface area contributed by atoms with Crippen molar-refractivity contribution >= 4 is 5.69 Å². The summed E-state index contributed by atoms with van der Waals surface area (Å²) in [6.45, 7) is 5.60. The summed E-state index contributed by atoms with van der Waals surface area (Å²) in [6, 6.07) is 2.07. The summed E-state index contributed by atoms with van der Waals surface area (Å²) in [5, 5.41) is 3.56. The highest BCUT2D eigenvalue weighted by Crippen LogP contribution is 2.28. The van der Waals surface area contributed by atoms with Gasteiger partial charge in [0.25, 0.3) is 0 Å². The summed E-state index contributed by atoms with van der Waals surface area (Å²) in [5.74, 6) is 1.81. The Morgan fingerprint density at radius 2 is 2.06 bits per heavy atom. The third kappa shape index (κ3) is 2.97. The van der Waals surface area contributed by atoms with Crippen molar-refractivity contribution in [1.29, 1.82) is 0 Å². The molecule has 1 heterocycles. The van der Waals surface area contributed by atoms with Gasteiger partial charge < -0.3 is 5.32 Å². The molecule has 0 atom stereocenters. The number of pyridine rings is 1. The molecule has 1 aliphatic rings. The Kier molecular flexibility index (Phi) is 3.81. The van der Waals surface area contributed by atoms with Gasteiger partial charge in [-0.2, -0.15) is 0 Å². The fraction of sp³-hybridized carbons (Fsp3) is 0.643. The van der Waals surface area contributed by atoms with E-state index in [1.165, 1.54) is 36.9 Å². The molecular formula is C14H22N2. The third-order valence-electron chi connectivity index (χ3n) is 3.74. The monoisotopic (exact) mass is 218 g/mol. The minimum atomic E-state index is 0.865. The lowest BCUT2D eigenvalue weighted by Crippen LogP contribution is -2.20. The lowest BCUT2D eigenvalue weighted by molar-refractivity contribution is 0.300. The summed E-state index contributed by atoms with van der Waals surface area (Å²) < 4.78 is 0. The van der Waals surface area contributed by atoms with Crippen molar-refractivity contribution in [2.75, 3.05) is 11.9 Å². The second-order valence-electron chi connectivity index (χ2n) is 5.20. The molecule has 0 amide bonds. The van der Waals surface area contributed by atoms with Crippen LogP contribution in [0.3, 0.4) is 0 Å². The quantitative estimate of drug-likeness (QED) is 0.838. The maximum absolute atomic E-state index is 4.11. The van der Waals surface area contributed by atoms with Crippen LogP contribution < -0.4 is 5.32 Å². The Morgan fingerprint density at radius 1 is 1.31 bits per heavy atom. The molecule has 0 aliphatic heterocycles. The number of rotatable bonds is 3. The largest absolute Gasteiger partial charge is 0.384 e. The lowest BCUT2D eigenvalue weighted by Gasteiger charge is -2.26. The van der Waals surface area contributed by atoms with Crippen molar-refractivity contribution in [3.8, 4) is 0 Å². The van der Waals surface area contributed by atoms with Gasteiger partial charge in [-0.1, -0.05) is 19.8 Å². The van der Waals surface area contributed by atoms with Gasteiger partial charge in [0.2, 0.25) is 0 Å². The van der Waals surface area contributed by atoms with E-state index in [2.05, 4.69) is 30.2 Å². The number of hydrogen-bond acceptors (Lipinski definition) is 2. The average Bonchev–Trinajstić information content (AvgIpc) is 2.30. The van der Waals surface area contributed by atoms with Crippen molar-refractivity contribution in [2.45, 2.75) is 39.5 Å². The van der Waals surface area contributed by atoms with Crippen molar-refractivity contribution in [1.82, 2.24) is 4.98 Å². The van der Waals surface area contributed by atoms with Gasteiger partial charge in [-0.15, -0.1) is 0 Å². The van der Waals surface area contributed by atoms with Crippen LogP contribution in [0, 0.1) is 18.8 Å². The summed E-state index contributed by atoms with van der Waals surface area (Å²) >= 11 is 0. The number of aryl methyl sites for hydroxylation is 1. The van der Waals surface area contributed by atoms with Crippen molar-refractivity contribution in [3.63, 3.8) is 0 Å². The molecule has 1 fully saturated rings. The standard InChI is InChI=1S/C14H22N2/c1-11-3-5-13(6-4-11)10-16-14-7-8-15-9-12(14)2/h7-9,11,13H,3-6,10H2,1-2H3,(H,15,16). The molecule has 0 spiro atoms. The maximum Gasteiger partial charge on any atom is 0.0400 e. The van der Waals surface area contributed by atoms with E-state index in [0.29, 0.717) is 0 Å². The molecule has 2 heteroatoms. The third-order valence-corrected chi connectivity index (χ3v) is 3.74. The van der Waals surface area contributed by atoms with Crippen LogP contribution >= 0.6 is 0 Å². The van der Waals surface area contributed by atoms with Gasteiger partial charge in [0.05, 0.1) is 0 Å². The summed E-state index contributed by atoms with van der Waals surface area (Å²) in [7, 11) is 0. The smallest absolute Gasteiger partial charge is 0.0400 e. The second kappa shape index (κ2) is 5.33. The van der Waals surface area contributed by atoms with Crippen LogP contribution in [0.5, 0.6) is 0 Å². The van der Waals surface area contributed by atoms with E-state index >= 15 is 0 Å². The molecule has 1 aliphatic carbocycles. The molecule has 0 aromatic carbocycles. The normalized spacial score (nSPS) is 25.4. The van der Waals surface area contributed by atoms with E-state index in [0.717, 1.165) is 18.4 Å². The van der Waals surface area contributed by atoms with Crippen molar-refractivity contribution in [2.24, 2.45) is 11.8 Å². The van der Waals surface area contributed by atoms with Crippen molar-refractivity contribution in [3.05, 3.63) is 24.0 Å². The molecule has 16 heavy (non-hydrogen) atoms. The first-order chi connectivity index (χ1) is 7.75. The van der Waals surface area contributed by atoms with Crippen LogP contribution in [-0.4, -0.2) is 11.5 Å². The van der Waals surface area contributed by atoms with E-state index in [4.69, 9.17) is 0 Å². The fourth-order valence-electron chi connectivity index (χ4n) is 2.46. The predicted molar refractivity (Wildman–Crippen MR) is 68.6 cm³/mol. The number of nitrogens with one attached hydrogen (secondary N) is 1. The maximum atomic E-state index is 4.11. The second-order valence-corrected chi connectivity index (χ2v) is 5.20. The molecule has 0 saturated heterocycles. The Labute approximate surface area is 98.5 Å². The first kappa shape index (κ1) is 11.4. The van der Waals surface area contributed by atoms with Gasteiger partial charge in [-0.25, -0.2) is 0 Å². The molecule has 2 rings (SSSR count). The number of anilines is 1. The van der Waals surface area contributed by atoms with Gasteiger partial charge >= 0.3 is 0 Å². The van der Waals surface area contributed by atoms with Crippen LogP contribution in [0.25, 0.3) is 0 Å². The van der Waals surface area contributed by atoms with Gasteiger partial charge in [0, 0.05) is 24.6 Å². The number of hydrogen-bond donors (Lipinski definition) is 1. The summed E-state index contributed by atoms with van der Waals surface area (Å²) in [4.78, 5) is 4.11. The molecule has 0 bridgehead atoms. The first-order valence-corrected chi connectivity index (χ1v) is 6.40. The number of aromatic nitrogens is 1. The van der Waals surface area contributed by atoms with Crippen LogP contribution in [0.15, 0.2) is 18.5 Å². The molecule has 1 aromatic heterocycles. The van der Waals surface area contributed by atoms with Crippen LogP contribution in [0.4, 0.5) is 5.69 Å². The van der Waals surface area contributed by atoms with E-state index in [9.17, 15) is 0 Å². The number of nitrogens with zero attached hydrogens (tertiary/aromatic N) is 1. The SMILES string of the molecule is Cc1cnccc1NCC1CCC(C)CC1. The zero-order valence-electron chi connectivity index (χ0n) is 10.4. The molecule has 1 N–H and O–H groups in total. The van der Waals surface area contributed by atoms with Crippen LogP contribution in [-0.2, 0) is 0 Å². The highest BCUT2D eigenvalue weighted by molar-refractivity contribution is 5.48. The van der Waals surface area contributed by atoms with Crippen LogP contribution in [0.1, 0.15) is 38.2 Å². The van der Waals surface area contributed by atoms with Crippen molar-refractivity contribution < 1.29 is 0 Å². The average molecular weight is 218 g/mol. The Hall–Kier alpha value is -1.05.